The Bertz CT molecular complexity index is 437. The van der Waals surface area contributed by atoms with Crippen LogP contribution in [0.2, 0.25) is 0 Å². The summed E-state index contributed by atoms with van der Waals surface area (Å²) in [4.78, 5) is 0. The summed E-state index contributed by atoms with van der Waals surface area (Å²) >= 11 is 1.29. The second kappa shape index (κ2) is 5.09. The zero-order chi connectivity index (χ0) is 12.3. The third kappa shape index (κ3) is 3.71. The normalized spacial score (nSPS) is 12.4. The van der Waals surface area contributed by atoms with E-state index in [1.165, 1.54) is 11.3 Å². The third-order valence-corrected chi connectivity index (χ3v) is 4.61. The van der Waals surface area contributed by atoms with Crippen molar-refractivity contribution in [3.8, 4) is 0 Å². The van der Waals surface area contributed by atoms with Crippen LogP contribution >= 0.6 is 11.3 Å². The number of aromatic nitrogens is 2. The zero-order valence-electron chi connectivity index (χ0n) is 9.89. The lowest BCUT2D eigenvalue weighted by Gasteiger charge is -2.06. The Hall–Kier alpha value is -0.690. The van der Waals surface area contributed by atoms with Gasteiger partial charge in [0.1, 0.15) is 5.01 Å². The fraction of sp³-hybridized carbons (Fsp3) is 0.778. The number of sulfonamides is 1. The van der Waals surface area contributed by atoms with E-state index in [9.17, 15) is 8.42 Å². The predicted molar refractivity (Wildman–Crippen MR) is 66.1 cm³/mol. The molecule has 7 heteroatoms. The van der Waals surface area contributed by atoms with Crippen molar-refractivity contribution in [2.24, 2.45) is 5.92 Å². The lowest BCUT2D eigenvalue weighted by atomic mass is 10.1. The first-order valence-electron chi connectivity index (χ1n) is 5.15. The summed E-state index contributed by atoms with van der Waals surface area (Å²) in [6.07, 6.45) is 0.821. The molecule has 1 aromatic rings. The standard InChI is InChI=1S/C9H17N3O2S2/c1-6(2)5-8-10-11-9(15-8)12-16(13,14)7(3)4/h6-7H,5H2,1-4H3,(H,11,12). The van der Waals surface area contributed by atoms with E-state index >= 15 is 0 Å². The van der Waals surface area contributed by atoms with Crippen molar-refractivity contribution in [3.63, 3.8) is 0 Å². The molecule has 92 valence electrons. The van der Waals surface area contributed by atoms with E-state index in [0.717, 1.165) is 11.4 Å². The van der Waals surface area contributed by atoms with Gasteiger partial charge in [-0.15, -0.1) is 10.2 Å². The average molecular weight is 263 g/mol. The molecule has 16 heavy (non-hydrogen) atoms. The minimum Gasteiger partial charge on any atom is -0.257 e. The molecule has 0 aliphatic heterocycles. The van der Waals surface area contributed by atoms with Gasteiger partial charge < -0.3 is 0 Å². The summed E-state index contributed by atoms with van der Waals surface area (Å²) in [5, 5.41) is 8.50. The number of anilines is 1. The number of hydrogen-bond donors (Lipinski definition) is 1. The molecule has 0 fully saturated rings. The molecule has 0 aliphatic rings. The molecule has 0 bridgehead atoms. The van der Waals surface area contributed by atoms with E-state index in [1.54, 1.807) is 13.8 Å². The van der Waals surface area contributed by atoms with Gasteiger partial charge >= 0.3 is 0 Å². The monoisotopic (exact) mass is 263 g/mol. The Kier molecular flexibility index (Phi) is 4.26. The van der Waals surface area contributed by atoms with Crippen molar-refractivity contribution >= 4 is 26.5 Å². The van der Waals surface area contributed by atoms with Gasteiger partial charge in [-0.1, -0.05) is 25.2 Å². The maximum absolute atomic E-state index is 11.6. The number of rotatable bonds is 5. The lowest BCUT2D eigenvalue weighted by Crippen LogP contribution is -2.22. The van der Waals surface area contributed by atoms with E-state index in [1.807, 2.05) is 0 Å². The molecule has 0 unspecified atom stereocenters. The molecule has 0 aromatic carbocycles. The minimum absolute atomic E-state index is 0.351. The molecule has 0 spiro atoms. The molecule has 0 radical (unpaired) electrons. The minimum atomic E-state index is -3.31. The molecule has 0 atom stereocenters. The molecule has 1 aromatic heterocycles. The fourth-order valence-corrected chi connectivity index (χ4v) is 2.80. The van der Waals surface area contributed by atoms with Crippen LogP contribution in [0.1, 0.15) is 32.7 Å². The SMILES string of the molecule is CC(C)Cc1nnc(NS(=O)(=O)C(C)C)s1. The first-order chi connectivity index (χ1) is 7.31. The van der Waals surface area contributed by atoms with Crippen LogP contribution in [-0.4, -0.2) is 23.9 Å². The summed E-state index contributed by atoms with van der Waals surface area (Å²) in [6.45, 7) is 7.41. The van der Waals surface area contributed by atoms with Crippen LogP contribution in [0.3, 0.4) is 0 Å². The van der Waals surface area contributed by atoms with Gasteiger partial charge in [-0.25, -0.2) is 8.42 Å². The molecule has 0 saturated heterocycles. The maximum atomic E-state index is 11.6. The largest absolute Gasteiger partial charge is 0.257 e. The molecule has 0 amide bonds. The van der Waals surface area contributed by atoms with Crippen LogP contribution in [0.4, 0.5) is 5.13 Å². The second-order valence-corrected chi connectivity index (χ2v) is 7.59. The van der Waals surface area contributed by atoms with E-state index in [2.05, 4.69) is 28.8 Å². The fourth-order valence-electron chi connectivity index (χ4n) is 0.966. The topological polar surface area (TPSA) is 72.0 Å². The van der Waals surface area contributed by atoms with Crippen LogP contribution < -0.4 is 4.72 Å². The molecule has 0 saturated carbocycles. The Labute approximate surface area is 100 Å². The zero-order valence-corrected chi connectivity index (χ0v) is 11.5. The van der Waals surface area contributed by atoms with Gasteiger partial charge in [0.2, 0.25) is 15.2 Å². The van der Waals surface area contributed by atoms with Crippen molar-refractivity contribution < 1.29 is 8.42 Å². The lowest BCUT2D eigenvalue weighted by molar-refractivity contribution is 0.592. The van der Waals surface area contributed by atoms with Crippen LogP contribution in [0.25, 0.3) is 0 Å². The van der Waals surface area contributed by atoms with Gasteiger partial charge in [-0.3, -0.25) is 4.72 Å². The quantitative estimate of drug-likeness (QED) is 0.880. The van der Waals surface area contributed by atoms with Gasteiger partial charge in [0.05, 0.1) is 5.25 Å². The maximum Gasteiger partial charge on any atom is 0.236 e. The van der Waals surface area contributed by atoms with Crippen molar-refractivity contribution in [2.45, 2.75) is 39.4 Å². The molecular formula is C9H17N3O2S2. The number of nitrogens with one attached hydrogen (secondary N) is 1. The average Bonchev–Trinajstić information content (AvgIpc) is 2.50. The highest BCUT2D eigenvalue weighted by atomic mass is 32.2. The molecule has 0 aliphatic carbocycles. The Morgan fingerprint density at radius 2 is 1.88 bits per heavy atom. The molecule has 1 rings (SSSR count). The first kappa shape index (κ1) is 13.4. The summed E-state index contributed by atoms with van der Waals surface area (Å²) in [6, 6.07) is 0. The first-order valence-corrected chi connectivity index (χ1v) is 7.51. The van der Waals surface area contributed by atoms with Gasteiger partial charge in [0.25, 0.3) is 0 Å². The number of nitrogens with zero attached hydrogens (tertiary/aromatic N) is 2. The van der Waals surface area contributed by atoms with Gasteiger partial charge in [0.15, 0.2) is 0 Å². The Morgan fingerprint density at radius 3 is 2.38 bits per heavy atom. The highest BCUT2D eigenvalue weighted by Crippen LogP contribution is 2.20. The van der Waals surface area contributed by atoms with Gasteiger partial charge in [0, 0.05) is 6.42 Å². The summed E-state index contributed by atoms with van der Waals surface area (Å²) in [5.74, 6) is 0.488. The van der Waals surface area contributed by atoms with E-state index < -0.39 is 15.3 Å². The Balaban J connectivity index is 2.73. The van der Waals surface area contributed by atoms with E-state index in [-0.39, 0.29) is 0 Å². The predicted octanol–water partition coefficient (Wildman–Crippen LogP) is 1.89. The second-order valence-electron chi connectivity index (χ2n) is 4.29. The van der Waals surface area contributed by atoms with Gasteiger partial charge in [-0.2, -0.15) is 0 Å². The van der Waals surface area contributed by atoms with Crippen molar-refractivity contribution in [3.05, 3.63) is 5.01 Å². The van der Waals surface area contributed by atoms with Crippen molar-refractivity contribution in [2.75, 3.05) is 4.72 Å². The highest BCUT2D eigenvalue weighted by Gasteiger charge is 2.18. The smallest absolute Gasteiger partial charge is 0.236 e. The van der Waals surface area contributed by atoms with Crippen LogP contribution in [0.15, 0.2) is 0 Å². The molecular weight excluding hydrogens is 246 g/mol. The summed E-state index contributed by atoms with van der Waals surface area (Å²) < 4.78 is 25.5. The molecule has 5 nitrogen and oxygen atoms in total. The summed E-state index contributed by atoms with van der Waals surface area (Å²) in [7, 11) is -3.31. The third-order valence-electron chi connectivity index (χ3n) is 1.90. The molecule has 1 heterocycles. The van der Waals surface area contributed by atoms with Crippen LogP contribution in [-0.2, 0) is 16.4 Å². The molecule has 1 N–H and O–H groups in total. The van der Waals surface area contributed by atoms with E-state index in [0.29, 0.717) is 11.0 Å². The van der Waals surface area contributed by atoms with Gasteiger partial charge in [-0.05, 0) is 19.8 Å². The Morgan fingerprint density at radius 1 is 1.25 bits per heavy atom. The van der Waals surface area contributed by atoms with E-state index in [4.69, 9.17) is 0 Å². The van der Waals surface area contributed by atoms with Crippen LogP contribution in [0, 0.1) is 5.92 Å². The number of hydrogen-bond acceptors (Lipinski definition) is 5. The van der Waals surface area contributed by atoms with Crippen LogP contribution in [0.5, 0.6) is 0 Å². The highest BCUT2D eigenvalue weighted by molar-refractivity contribution is 7.93. The van der Waals surface area contributed by atoms with Crippen molar-refractivity contribution in [1.82, 2.24) is 10.2 Å². The van der Waals surface area contributed by atoms with Crippen molar-refractivity contribution in [1.29, 1.82) is 0 Å². The summed E-state index contributed by atoms with van der Waals surface area (Å²) in [5.41, 5.74) is 0.